The fourth-order valence-corrected chi connectivity index (χ4v) is 1.13. The Morgan fingerprint density at radius 1 is 1.21 bits per heavy atom. The molecule has 0 spiro atoms. The highest BCUT2D eigenvalue weighted by Crippen LogP contribution is 2.04. The molecule has 1 rings (SSSR count). The number of hydrogen-bond acceptors (Lipinski definition) is 2. The Labute approximate surface area is 91.8 Å². The van der Waals surface area contributed by atoms with E-state index in [4.69, 9.17) is 5.26 Å². The number of thiol groups is 1. The lowest BCUT2D eigenvalue weighted by Crippen LogP contribution is -2.33. The molecule has 0 unspecified atom stereocenters. The van der Waals surface area contributed by atoms with Crippen molar-refractivity contribution >= 4 is 12.6 Å². The van der Waals surface area contributed by atoms with Gasteiger partial charge in [0.25, 0.3) is 0 Å². The van der Waals surface area contributed by atoms with Crippen LogP contribution in [0.1, 0.15) is 5.56 Å². The second kappa shape index (κ2) is 6.47. The lowest BCUT2D eigenvalue weighted by atomic mass is 10.2. The normalized spacial score (nSPS) is 9.64. The molecule has 76 valence electrons. The van der Waals surface area contributed by atoms with Gasteiger partial charge in [-0.3, -0.25) is 0 Å². The minimum Gasteiger partial charge on any atom is -0.327 e. The average molecular weight is 209 g/mol. The minimum atomic E-state index is 0.990. The maximum Gasteiger partial charge on any atom is 0.130 e. The molecule has 0 bridgehead atoms. The van der Waals surface area contributed by atoms with Gasteiger partial charge in [0.05, 0.1) is 21.1 Å². The predicted molar refractivity (Wildman–Crippen MR) is 62.8 cm³/mol. The van der Waals surface area contributed by atoms with Gasteiger partial charge in [0.1, 0.15) is 11.9 Å². The van der Waals surface area contributed by atoms with Gasteiger partial charge < -0.3 is 4.48 Å². The molecular weight excluding hydrogens is 192 g/mol. The smallest absolute Gasteiger partial charge is 0.130 e. The number of benzene rings is 1. The first kappa shape index (κ1) is 13.0. The van der Waals surface area contributed by atoms with Gasteiger partial charge in [0.15, 0.2) is 0 Å². The quantitative estimate of drug-likeness (QED) is 0.451. The number of thiocyanates is 1. The van der Waals surface area contributed by atoms with E-state index in [1.54, 1.807) is 0 Å². The van der Waals surface area contributed by atoms with Crippen molar-refractivity contribution in [3.63, 3.8) is 0 Å². The zero-order valence-corrected chi connectivity index (χ0v) is 9.83. The van der Waals surface area contributed by atoms with Crippen molar-refractivity contribution < 1.29 is 4.48 Å². The molecule has 0 aliphatic rings. The van der Waals surface area contributed by atoms with E-state index in [1.165, 1.54) is 11.0 Å². The molecule has 0 aromatic heterocycles. The Morgan fingerprint density at radius 3 is 2.00 bits per heavy atom. The Balaban J connectivity index is 0.000000500. The number of quaternary nitrogens is 1. The predicted octanol–water partition coefficient (Wildman–Crippen LogP) is 2.29. The van der Waals surface area contributed by atoms with Crippen molar-refractivity contribution in [3.8, 4) is 5.40 Å². The molecule has 0 saturated heterocycles. The third-order valence-electron chi connectivity index (χ3n) is 1.50. The van der Waals surface area contributed by atoms with E-state index in [9.17, 15) is 0 Å². The molecule has 0 saturated carbocycles. The van der Waals surface area contributed by atoms with Crippen molar-refractivity contribution in [2.75, 3.05) is 21.1 Å². The first-order valence-corrected chi connectivity index (χ1v) is 4.82. The van der Waals surface area contributed by atoms with Crippen molar-refractivity contribution in [1.82, 2.24) is 0 Å². The van der Waals surface area contributed by atoms with Crippen LogP contribution in [0.3, 0.4) is 0 Å². The number of rotatable bonds is 2. The molecule has 0 atom stereocenters. The molecule has 1 aromatic carbocycles. The molecule has 2 nitrogen and oxygen atoms in total. The van der Waals surface area contributed by atoms with Crippen LogP contribution >= 0.6 is 12.6 Å². The standard InChI is InChI=1S/C10H16N.CHNS/c1-11(2,3)9-10-7-5-4-6-8-10;2-1-3/h4-8H,9H2,1-3H3;3H/q+1;. The van der Waals surface area contributed by atoms with Crippen LogP contribution in [0.15, 0.2) is 30.3 Å². The van der Waals surface area contributed by atoms with E-state index in [0.717, 1.165) is 11.0 Å². The molecule has 0 N–H and O–H groups in total. The first-order valence-electron chi connectivity index (χ1n) is 4.37. The van der Waals surface area contributed by atoms with E-state index in [0.29, 0.717) is 0 Å². The average Bonchev–Trinajstić information content (AvgIpc) is 2.04. The summed E-state index contributed by atoms with van der Waals surface area (Å²) in [5.41, 5.74) is 1.40. The Bertz CT molecular complexity index is 282. The van der Waals surface area contributed by atoms with Gasteiger partial charge in [0.2, 0.25) is 0 Å². The Morgan fingerprint density at radius 2 is 1.64 bits per heavy atom. The number of hydrogen-bond donors (Lipinski definition) is 1. The summed E-state index contributed by atoms with van der Waals surface area (Å²) in [5.74, 6) is 0. The monoisotopic (exact) mass is 209 g/mol. The van der Waals surface area contributed by atoms with E-state index in [-0.39, 0.29) is 0 Å². The lowest BCUT2D eigenvalue weighted by Gasteiger charge is -2.23. The fraction of sp³-hybridized carbons (Fsp3) is 0.364. The molecule has 1 aromatic rings. The van der Waals surface area contributed by atoms with Crippen LogP contribution in [-0.2, 0) is 6.54 Å². The third-order valence-corrected chi connectivity index (χ3v) is 1.50. The van der Waals surface area contributed by atoms with Gasteiger partial charge in [-0.25, -0.2) is 0 Å². The molecule has 14 heavy (non-hydrogen) atoms. The molecule has 0 aliphatic carbocycles. The molecule has 0 heterocycles. The molecule has 0 fully saturated rings. The molecule has 0 amide bonds. The van der Waals surface area contributed by atoms with E-state index in [1.807, 2.05) is 0 Å². The van der Waals surface area contributed by atoms with Crippen LogP contribution in [0.25, 0.3) is 0 Å². The molecular formula is C11H17N2S+. The lowest BCUT2D eigenvalue weighted by molar-refractivity contribution is -0.884. The maximum atomic E-state index is 7.18. The highest BCUT2D eigenvalue weighted by molar-refractivity contribution is 7.85. The molecule has 0 radical (unpaired) electrons. The van der Waals surface area contributed by atoms with Crippen molar-refractivity contribution in [2.24, 2.45) is 0 Å². The third kappa shape index (κ3) is 7.66. The summed E-state index contributed by atoms with van der Waals surface area (Å²) >= 11 is 3.09. The summed E-state index contributed by atoms with van der Waals surface area (Å²) in [7, 11) is 6.60. The summed E-state index contributed by atoms with van der Waals surface area (Å²) in [5, 5.41) is 8.63. The van der Waals surface area contributed by atoms with Gasteiger partial charge in [-0.15, -0.1) is 0 Å². The first-order chi connectivity index (χ1) is 6.49. The van der Waals surface area contributed by atoms with Gasteiger partial charge in [0, 0.05) is 5.56 Å². The van der Waals surface area contributed by atoms with Crippen molar-refractivity contribution in [1.29, 1.82) is 5.26 Å². The molecule has 3 heteroatoms. The largest absolute Gasteiger partial charge is 0.327 e. The maximum absolute atomic E-state index is 7.18. The van der Waals surface area contributed by atoms with Crippen LogP contribution in [0.2, 0.25) is 0 Å². The molecule has 0 aliphatic heterocycles. The van der Waals surface area contributed by atoms with Crippen LogP contribution in [0.4, 0.5) is 0 Å². The van der Waals surface area contributed by atoms with Crippen molar-refractivity contribution in [3.05, 3.63) is 35.9 Å². The highest BCUT2D eigenvalue weighted by Gasteiger charge is 2.06. The zero-order chi connectivity index (χ0) is 11.0. The Hall–Kier alpha value is -0.980. The summed E-state index contributed by atoms with van der Waals surface area (Å²) in [4.78, 5) is 0. The van der Waals surface area contributed by atoms with E-state index in [2.05, 4.69) is 64.1 Å². The van der Waals surface area contributed by atoms with Gasteiger partial charge >= 0.3 is 0 Å². The number of nitrogens with zero attached hydrogens (tertiary/aromatic N) is 2. The summed E-state index contributed by atoms with van der Waals surface area (Å²) in [6, 6.07) is 10.6. The van der Waals surface area contributed by atoms with Crippen molar-refractivity contribution in [2.45, 2.75) is 6.54 Å². The van der Waals surface area contributed by atoms with Crippen LogP contribution in [-0.4, -0.2) is 25.6 Å². The van der Waals surface area contributed by atoms with E-state index < -0.39 is 0 Å². The second-order valence-electron chi connectivity index (χ2n) is 4.03. The second-order valence-corrected chi connectivity index (χ2v) is 4.23. The SMILES string of the molecule is C[N+](C)(C)Cc1ccccc1.N#CS. The summed E-state index contributed by atoms with van der Waals surface area (Å²) < 4.78 is 0.990. The minimum absolute atomic E-state index is 0.990. The summed E-state index contributed by atoms with van der Waals surface area (Å²) in [6.45, 7) is 1.10. The Kier molecular flexibility index (Phi) is 6.02. The van der Waals surface area contributed by atoms with Gasteiger partial charge in [-0.1, -0.05) is 43.0 Å². The van der Waals surface area contributed by atoms with Gasteiger partial charge in [-0.2, -0.15) is 5.26 Å². The fourth-order valence-electron chi connectivity index (χ4n) is 1.13. The summed E-state index contributed by atoms with van der Waals surface area (Å²) in [6.07, 6.45) is 0. The van der Waals surface area contributed by atoms with E-state index >= 15 is 0 Å². The zero-order valence-electron chi connectivity index (χ0n) is 8.94. The topological polar surface area (TPSA) is 23.8 Å². The van der Waals surface area contributed by atoms with Gasteiger partial charge in [-0.05, 0) is 0 Å². The highest BCUT2D eigenvalue weighted by atomic mass is 32.1. The van der Waals surface area contributed by atoms with Crippen LogP contribution in [0.5, 0.6) is 0 Å². The van der Waals surface area contributed by atoms with Crippen LogP contribution < -0.4 is 0 Å². The number of nitriles is 1. The van der Waals surface area contributed by atoms with Crippen LogP contribution in [0, 0.1) is 10.7 Å².